The minimum absolute atomic E-state index is 0.162. The van der Waals surface area contributed by atoms with Crippen molar-refractivity contribution in [1.29, 1.82) is 0 Å². The topological polar surface area (TPSA) is 52.6 Å². The maximum Gasteiger partial charge on any atom is 0.228 e. The number of amides is 1. The number of halogens is 2. The van der Waals surface area contributed by atoms with Crippen LogP contribution in [-0.2, 0) is 9.59 Å². The molecule has 3 aromatic rings. The van der Waals surface area contributed by atoms with Crippen molar-refractivity contribution in [3.63, 3.8) is 0 Å². The van der Waals surface area contributed by atoms with Crippen LogP contribution in [0.1, 0.15) is 24.0 Å². The maximum absolute atomic E-state index is 13.5. The quantitative estimate of drug-likeness (QED) is 0.426. The molecule has 7 heteroatoms. The van der Waals surface area contributed by atoms with E-state index in [4.69, 9.17) is 0 Å². The van der Waals surface area contributed by atoms with Crippen LogP contribution >= 0.6 is 0 Å². The van der Waals surface area contributed by atoms with Gasteiger partial charge >= 0.3 is 0 Å². The van der Waals surface area contributed by atoms with Crippen molar-refractivity contribution in [2.24, 2.45) is 5.92 Å². The molecule has 1 aliphatic carbocycles. The molecule has 0 radical (unpaired) electrons. The molecule has 1 heterocycles. The minimum atomic E-state index is -0.478. The smallest absolute Gasteiger partial charge is 0.228 e. The average molecular weight is 528 g/mol. The van der Waals surface area contributed by atoms with Crippen LogP contribution in [-0.4, -0.2) is 49.8 Å². The van der Waals surface area contributed by atoms with Gasteiger partial charge in [-0.25, -0.2) is 8.78 Å². The maximum atomic E-state index is 13.5. The van der Waals surface area contributed by atoms with Crippen LogP contribution in [0.4, 0.5) is 20.2 Å². The number of piperazine rings is 1. The molecule has 0 unspecified atom stereocenters. The number of allylic oxidation sites excluding steroid dienone is 2. The summed E-state index contributed by atoms with van der Waals surface area (Å²) in [5.74, 6) is -1.54. The molecule has 1 saturated heterocycles. The first-order valence-corrected chi connectivity index (χ1v) is 13.2. The van der Waals surface area contributed by atoms with Gasteiger partial charge in [-0.3, -0.25) is 9.59 Å². The van der Waals surface area contributed by atoms with E-state index in [-0.39, 0.29) is 36.2 Å². The number of carbonyl (C=O) groups excluding carboxylic acids is 2. The molecule has 39 heavy (non-hydrogen) atoms. The van der Waals surface area contributed by atoms with Crippen molar-refractivity contribution >= 4 is 35.2 Å². The van der Waals surface area contributed by atoms with Crippen molar-refractivity contribution in [2.75, 3.05) is 43.4 Å². The number of likely N-dealkylation sites (N-methyl/N-ethyl adjacent to an activating group) is 1. The molecule has 200 valence electrons. The van der Waals surface area contributed by atoms with Gasteiger partial charge in [0.2, 0.25) is 5.91 Å². The van der Waals surface area contributed by atoms with Crippen LogP contribution in [0.15, 0.2) is 83.9 Å². The van der Waals surface area contributed by atoms with Crippen LogP contribution in [0.5, 0.6) is 0 Å². The molecular formula is C32H31F2N3O2. The lowest BCUT2D eigenvalue weighted by Gasteiger charge is -2.34. The predicted molar refractivity (Wildman–Crippen MR) is 151 cm³/mol. The molecule has 1 saturated carbocycles. The zero-order chi connectivity index (χ0) is 27.4. The third-order valence-corrected chi connectivity index (χ3v) is 7.29. The number of nitrogens with zero attached hydrogens (tertiary/aromatic N) is 2. The molecule has 0 bridgehead atoms. The average Bonchev–Trinajstić information content (AvgIpc) is 2.94. The van der Waals surface area contributed by atoms with Crippen molar-refractivity contribution in [3.05, 3.63) is 107 Å². The Morgan fingerprint density at radius 3 is 1.90 bits per heavy atom. The van der Waals surface area contributed by atoms with E-state index >= 15 is 0 Å². The van der Waals surface area contributed by atoms with Crippen molar-refractivity contribution in [1.82, 2.24) is 4.90 Å². The van der Waals surface area contributed by atoms with Gasteiger partial charge in [-0.15, -0.1) is 0 Å². The zero-order valence-electron chi connectivity index (χ0n) is 21.9. The lowest BCUT2D eigenvalue weighted by molar-refractivity contribution is -0.120. The van der Waals surface area contributed by atoms with Crippen molar-refractivity contribution in [3.8, 4) is 0 Å². The monoisotopic (exact) mass is 527 g/mol. The third-order valence-electron chi connectivity index (χ3n) is 7.29. The largest absolute Gasteiger partial charge is 0.369 e. The van der Waals surface area contributed by atoms with Gasteiger partial charge in [-0.05, 0) is 85.6 Å². The van der Waals surface area contributed by atoms with Gasteiger partial charge in [0.1, 0.15) is 11.6 Å². The number of nitrogens with one attached hydrogen (secondary N) is 1. The number of carbonyl (C=O) groups is 2. The molecule has 2 fully saturated rings. The van der Waals surface area contributed by atoms with Gasteiger partial charge in [0.25, 0.3) is 0 Å². The van der Waals surface area contributed by atoms with Gasteiger partial charge in [-0.2, -0.15) is 0 Å². The first-order valence-electron chi connectivity index (χ1n) is 13.2. The Balaban J connectivity index is 1.39. The highest BCUT2D eigenvalue weighted by molar-refractivity contribution is 6.15. The molecule has 2 aliphatic rings. The highest BCUT2D eigenvalue weighted by Crippen LogP contribution is 2.34. The fraction of sp³-hybridized carbons (Fsp3) is 0.250. The molecule has 5 nitrogen and oxygen atoms in total. The van der Waals surface area contributed by atoms with E-state index in [1.807, 2.05) is 24.3 Å². The molecular weight excluding hydrogens is 496 g/mol. The zero-order valence-corrected chi connectivity index (χ0v) is 21.9. The van der Waals surface area contributed by atoms with E-state index in [1.54, 1.807) is 36.4 Å². The molecule has 1 N–H and O–H groups in total. The normalized spacial score (nSPS) is 20.4. The van der Waals surface area contributed by atoms with E-state index in [0.717, 1.165) is 31.9 Å². The number of Topliss-reactive ketones (excluding diaryl/α,β-unsaturated/α-hetero) is 1. The summed E-state index contributed by atoms with van der Waals surface area (Å²) in [7, 11) is 2.11. The van der Waals surface area contributed by atoms with E-state index in [0.29, 0.717) is 28.0 Å². The van der Waals surface area contributed by atoms with Gasteiger partial charge in [0.05, 0.1) is 0 Å². The fourth-order valence-electron chi connectivity index (χ4n) is 5.04. The second-order valence-corrected chi connectivity index (χ2v) is 10.2. The van der Waals surface area contributed by atoms with Gasteiger partial charge in [0.15, 0.2) is 5.78 Å². The second-order valence-electron chi connectivity index (χ2n) is 10.2. The summed E-state index contributed by atoms with van der Waals surface area (Å²) in [6.45, 7) is 3.82. The number of benzene rings is 3. The molecule has 0 aromatic heterocycles. The van der Waals surface area contributed by atoms with Crippen LogP contribution in [0.25, 0.3) is 12.2 Å². The first-order chi connectivity index (χ1) is 18.8. The molecule has 3 aromatic carbocycles. The second kappa shape index (κ2) is 11.7. The Hall–Kier alpha value is -4.10. The van der Waals surface area contributed by atoms with Crippen LogP contribution in [0.3, 0.4) is 0 Å². The summed E-state index contributed by atoms with van der Waals surface area (Å²) in [5.41, 5.74) is 4.10. The summed E-state index contributed by atoms with van der Waals surface area (Å²) in [5, 5.41) is 3.06. The Labute approximate surface area is 227 Å². The Morgan fingerprint density at radius 2 is 1.36 bits per heavy atom. The Bertz CT molecular complexity index is 1340. The van der Waals surface area contributed by atoms with Crippen LogP contribution < -0.4 is 10.2 Å². The molecule has 0 spiro atoms. The number of hydrogen-bond acceptors (Lipinski definition) is 4. The SMILES string of the molecule is CN1CCN(c2cccc(NC(=O)C3C/C(=C\c4ccc(F)cc4)C(=O)/C(=C/c4ccc(F)cc4)C3)c2)CC1. The van der Waals surface area contributed by atoms with E-state index in [1.165, 1.54) is 24.3 Å². The Morgan fingerprint density at radius 1 is 0.821 bits per heavy atom. The third kappa shape index (κ3) is 6.67. The summed E-state index contributed by atoms with van der Waals surface area (Å²) >= 11 is 0. The summed E-state index contributed by atoms with van der Waals surface area (Å²) in [6, 6.07) is 19.6. The molecule has 5 rings (SSSR count). The van der Waals surface area contributed by atoms with E-state index in [2.05, 4.69) is 22.2 Å². The fourth-order valence-corrected chi connectivity index (χ4v) is 5.04. The van der Waals surface area contributed by atoms with Crippen LogP contribution in [0.2, 0.25) is 0 Å². The highest BCUT2D eigenvalue weighted by Gasteiger charge is 2.32. The number of anilines is 2. The van der Waals surface area contributed by atoms with E-state index < -0.39 is 5.92 Å². The summed E-state index contributed by atoms with van der Waals surface area (Å²) < 4.78 is 26.9. The Kier molecular flexibility index (Phi) is 7.98. The van der Waals surface area contributed by atoms with Gasteiger partial charge in [-0.1, -0.05) is 30.3 Å². The lowest BCUT2D eigenvalue weighted by Crippen LogP contribution is -2.44. The highest BCUT2D eigenvalue weighted by atomic mass is 19.1. The van der Waals surface area contributed by atoms with Gasteiger partial charge < -0.3 is 15.1 Å². The van der Waals surface area contributed by atoms with E-state index in [9.17, 15) is 18.4 Å². The van der Waals surface area contributed by atoms with Gasteiger partial charge in [0, 0.05) is 54.6 Å². The van der Waals surface area contributed by atoms with Crippen LogP contribution in [0, 0.1) is 17.6 Å². The number of hydrogen-bond donors (Lipinski definition) is 1. The van der Waals surface area contributed by atoms with Crippen molar-refractivity contribution < 1.29 is 18.4 Å². The molecule has 1 amide bonds. The summed E-state index contributed by atoms with van der Waals surface area (Å²) in [6.07, 6.45) is 3.96. The predicted octanol–water partition coefficient (Wildman–Crippen LogP) is 5.80. The number of rotatable bonds is 5. The lowest BCUT2D eigenvalue weighted by atomic mass is 9.79. The first kappa shape index (κ1) is 26.5. The van der Waals surface area contributed by atoms with Crippen molar-refractivity contribution in [2.45, 2.75) is 12.8 Å². The standard InChI is InChI=1S/C32H31F2N3O2/c1-36-13-15-37(16-14-36)30-4-2-3-29(21-30)35-32(39)26-19-24(17-22-5-9-27(33)10-6-22)31(38)25(20-26)18-23-7-11-28(34)12-8-23/h2-12,17-18,21,26H,13-16,19-20H2,1H3,(H,35,39)/b24-17+,25-18+. The molecule has 0 atom stereocenters. The number of ketones is 1. The summed E-state index contributed by atoms with van der Waals surface area (Å²) in [4.78, 5) is 31.5. The molecule has 1 aliphatic heterocycles. The minimum Gasteiger partial charge on any atom is -0.369 e.